The van der Waals surface area contributed by atoms with Gasteiger partial charge in [-0.05, 0) is 55.3 Å². The zero-order valence-corrected chi connectivity index (χ0v) is 17.1. The van der Waals surface area contributed by atoms with Gasteiger partial charge in [0.25, 0.3) is 0 Å². The van der Waals surface area contributed by atoms with E-state index in [-0.39, 0.29) is 6.42 Å². The number of carbonyl (C=O) groups is 1. The van der Waals surface area contributed by atoms with E-state index in [1.807, 2.05) is 49.4 Å². The fourth-order valence-electron chi connectivity index (χ4n) is 3.28. The van der Waals surface area contributed by atoms with Crippen LogP contribution in [-0.2, 0) is 17.8 Å². The van der Waals surface area contributed by atoms with Gasteiger partial charge in [-0.2, -0.15) is 0 Å². The number of aromatic nitrogens is 1. The number of benzene rings is 2. The molecule has 5 nitrogen and oxygen atoms in total. The topological polar surface area (TPSA) is 71.7 Å². The monoisotopic (exact) mass is 431 g/mol. The van der Waals surface area contributed by atoms with Crippen LogP contribution < -0.4 is 4.74 Å². The maximum atomic E-state index is 11.4. The summed E-state index contributed by atoms with van der Waals surface area (Å²) >= 11 is 3.45. The minimum absolute atomic E-state index is 0.0190. The fraction of sp³-hybridized carbons (Fsp3) is 0.286. The maximum absolute atomic E-state index is 11.4. The van der Waals surface area contributed by atoms with Crippen molar-refractivity contribution < 1.29 is 19.7 Å². The average Bonchev–Trinajstić information content (AvgIpc) is 2.88. The lowest BCUT2D eigenvalue weighted by Crippen LogP contribution is -2.37. The standard InChI is InChI=1S/C21H22BrNO4/c1-13-18(11-21(2,26)20(24)25)17-10-16(27-3)8-9-19(17)23(13)12-14-4-6-15(22)7-5-14/h4-10,26H,11-12H2,1-3H3,(H,24,25). The van der Waals surface area contributed by atoms with Crippen LogP contribution in [0.2, 0.25) is 0 Å². The maximum Gasteiger partial charge on any atom is 0.335 e. The summed E-state index contributed by atoms with van der Waals surface area (Å²) in [6.07, 6.45) is 0.0190. The Morgan fingerprint density at radius 1 is 1.22 bits per heavy atom. The summed E-state index contributed by atoms with van der Waals surface area (Å²) in [7, 11) is 1.60. The first kappa shape index (κ1) is 19.5. The molecule has 0 saturated heterocycles. The minimum Gasteiger partial charge on any atom is -0.497 e. The number of aliphatic hydroxyl groups is 1. The number of carboxylic acid groups (broad SMARTS) is 1. The zero-order valence-electron chi connectivity index (χ0n) is 15.5. The molecule has 1 atom stereocenters. The lowest BCUT2D eigenvalue weighted by molar-refractivity contribution is -0.156. The Balaban J connectivity index is 2.14. The number of aliphatic carboxylic acids is 1. The fourth-order valence-corrected chi connectivity index (χ4v) is 3.54. The van der Waals surface area contributed by atoms with Crippen LogP contribution in [0.5, 0.6) is 5.75 Å². The predicted molar refractivity (Wildman–Crippen MR) is 108 cm³/mol. The molecule has 27 heavy (non-hydrogen) atoms. The summed E-state index contributed by atoms with van der Waals surface area (Å²) < 4.78 is 8.50. The molecule has 6 heteroatoms. The summed E-state index contributed by atoms with van der Waals surface area (Å²) in [5.41, 5.74) is 2.01. The van der Waals surface area contributed by atoms with Gasteiger partial charge in [-0.1, -0.05) is 28.1 Å². The first-order valence-corrected chi connectivity index (χ1v) is 9.38. The smallest absolute Gasteiger partial charge is 0.335 e. The molecule has 3 rings (SSSR count). The van der Waals surface area contributed by atoms with Crippen LogP contribution in [0.1, 0.15) is 23.7 Å². The largest absolute Gasteiger partial charge is 0.497 e. The SMILES string of the molecule is COc1ccc2c(c1)c(CC(C)(O)C(=O)O)c(C)n2Cc1ccc(Br)cc1. The third-order valence-electron chi connectivity index (χ3n) is 4.90. The molecule has 0 aliphatic heterocycles. The number of halogens is 1. The van der Waals surface area contributed by atoms with Gasteiger partial charge in [0.2, 0.25) is 0 Å². The van der Waals surface area contributed by atoms with E-state index >= 15 is 0 Å². The van der Waals surface area contributed by atoms with E-state index in [1.54, 1.807) is 7.11 Å². The van der Waals surface area contributed by atoms with Gasteiger partial charge in [-0.25, -0.2) is 4.79 Å². The van der Waals surface area contributed by atoms with E-state index in [1.165, 1.54) is 6.92 Å². The van der Waals surface area contributed by atoms with E-state index in [0.29, 0.717) is 12.3 Å². The summed E-state index contributed by atoms with van der Waals surface area (Å²) in [5, 5.41) is 20.6. The molecule has 1 heterocycles. The number of rotatable bonds is 6. The molecule has 142 valence electrons. The van der Waals surface area contributed by atoms with Gasteiger partial charge in [-0.15, -0.1) is 0 Å². The molecule has 0 amide bonds. The highest BCUT2D eigenvalue weighted by Gasteiger charge is 2.32. The third-order valence-corrected chi connectivity index (χ3v) is 5.43. The van der Waals surface area contributed by atoms with Gasteiger partial charge in [0.05, 0.1) is 7.11 Å². The summed E-state index contributed by atoms with van der Waals surface area (Å²) in [6, 6.07) is 13.8. The van der Waals surface area contributed by atoms with Crippen LogP contribution in [0, 0.1) is 6.92 Å². The van der Waals surface area contributed by atoms with Crippen molar-refractivity contribution in [1.82, 2.24) is 4.57 Å². The molecule has 1 aromatic heterocycles. The third kappa shape index (κ3) is 3.87. The van der Waals surface area contributed by atoms with Crippen LogP contribution in [0.25, 0.3) is 10.9 Å². The first-order chi connectivity index (χ1) is 12.7. The summed E-state index contributed by atoms with van der Waals surface area (Å²) in [5.74, 6) is -0.543. The predicted octanol–water partition coefficient (Wildman–Crippen LogP) is 4.15. The van der Waals surface area contributed by atoms with Gasteiger partial charge >= 0.3 is 5.97 Å². The Bertz CT molecular complexity index is 990. The second kappa shape index (κ2) is 7.37. The number of ether oxygens (including phenoxy) is 1. The van der Waals surface area contributed by atoms with E-state index < -0.39 is 11.6 Å². The first-order valence-electron chi connectivity index (χ1n) is 8.59. The van der Waals surface area contributed by atoms with Gasteiger partial charge in [-0.3, -0.25) is 0 Å². The normalized spacial score (nSPS) is 13.5. The van der Waals surface area contributed by atoms with Gasteiger partial charge in [0.1, 0.15) is 5.75 Å². The van der Waals surface area contributed by atoms with Crippen molar-refractivity contribution in [2.24, 2.45) is 0 Å². The Morgan fingerprint density at radius 3 is 2.48 bits per heavy atom. The van der Waals surface area contributed by atoms with E-state index in [9.17, 15) is 15.0 Å². The van der Waals surface area contributed by atoms with Crippen molar-refractivity contribution in [3.05, 3.63) is 63.8 Å². The van der Waals surface area contributed by atoms with Crippen molar-refractivity contribution in [3.63, 3.8) is 0 Å². The van der Waals surface area contributed by atoms with Crippen LogP contribution >= 0.6 is 15.9 Å². The number of methoxy groups -OCH3 is 1. The van der Waals surface area contributed by atoms with E-state index in [0.717, 1.165) is 32.2 Å². The number of fused-ring (bicyclic) bond motifs is 1. The van der Waals surface area contributed by atoms with Gasteiger partial charge in [0.15, 0.2) is 5.60 Å². The Morgan fingerprint density at radius 2 is 1.89 bits per heavy atom. The minimum atomic E-state index is -1.84. The Hall–Kier alpha value is -2.31. The van der Waals surface area contributed by atoms with E-state index in [4.69, 9.17) is 4.74 Å². The van der Waals surface area contributed by atoms with Crippen molar-refractivity contribution in [3.8, 4) is 5.75 Å². The average molecular weight is 432 g/mol. The lowest BCUT2D eigenvalue weighted by Gasteiger charge is -2.18. The molecule has 0 fully saturated rings. The quantitative estimate of drug-likeness (QED) is 0.614. The lowest BCUT2D eigenvalue weighted by atomic mass is 9.94. The molecule has 1 unspecified atom stereocenters. The number of nitrogens with zero attached hydrogens (tertiary/aromatic N) is 1. The molecule has 0 bridgehead atoms. The molecule has 0 radical (unpaired) electrons. The van der Waals surface area contributed by atoms with Crippen LogP contribution in [0.15, 0.2) is 46.9 Å². The highest BCUT2D eigenvalue weighted by molar-refractivity contribution is 9.10. The van der Waals surface area contributed by atoms with Crippen LogP contribution in [0.3, 0.4) is 0 Å². The molecule has 2 N–H and O–H groups in total. The number of carboxylic acids is 1. The van der Waals surface area contributed by atoms with Gasteiger partial charge < -0.3 is 19.5 Å². The van der Waals surface area contributed by atoms with Crippen molar-refractivity contribution in [1.29, 1.82) is 0 Å². The Kier molecular flexibility index (Phi) is 5.31. The molecule has 0 spiro atoms. The Labute approximate surface area is 166 Å². The molecular weight excluding hydrogens is 410 g/mol. The molecule has 2 aromatic carbocycles. The summed E-state index contributed by atoms with van der Waals surface area (Å²) in [4.78, 5) is 11.4. The van der Waals surface area contributed by atoms with Crippen LogP contribution in [0.4, 0.5) is 0 Å². The second-order valence-electron chi connectivity index (χ2n) is 6.92. The second-order valence-corrected chi connectivity index (χ2v) is 7.83. The van der Waals surface area contributed by atoms with E-state index in [2.05, 4.69) is 20.5 Å². The summed E-state index contributed by atoms with van der Waals surface area (Å²) in [6.45, 7) is 3.93. The number of hydrogen-bond acceptors (Lipinski definition) is 3. The molecule has 3 aromatic rings. The van der Waals surface area contributed by atoms with Crippen molar-refractivity contribution >= 4 is 32.8 Å². The highest BCUT2D eigenvalue weighted by atomic mass is 79.9. The highest BCUT2D eigenvalue weighted by Crippen LogP contribution is 2.32. The zero-order chi connectivity index (χ0) is 19.8. The van der Waals surface area contributed by atoms with Crippen LogP contribution in [-0.4, -0.2) is 33.5 Å². The molecule has 0 aliphatic carbocycles. The van der Waals surface area contributed by atoms with Gasteiger partial charge in [0, 0.05) is 34.0 Å². The van der Waals surface area contributed by atoms with Crippen molar-refractivity contribution in [2.45, 2.75) is 32.4 Å². The molecule has 0 aliphatic rings. The molecular formula is C21H22BrNO4. The number of hydrogen-bond donors (Lipinski definition) is 2. The van der Waals surface area contributed by atoms with Crippen molar-refractivity contribution in [2.75, 3.05) is 7.11 Å². The molecule has 0 saturated carbocycles.